The van der Waals surface area contributed by atoms with Crippen LogP contribution in [0.4, 0.5) is 0 Å². The molecule has 0 heteroatoms. The maximum Gasteiger partial charge on any atom is -0.0195 e. The quantitative estimate of drug-likeness (QED) is 0.433. The van der Waals surface area contributed by atoms with E-state index in [4.69, 9.17) is 0 Å². The van der Waals surface area contributed by atoms with E-state index in [2.05, 4.69) is 19.9 Å². The highest BCUT2D eigenvalue weighted by Crippen LogP contribution is 2.54. The van der Waals surface area contributed by atoms with Gasteiger partial charge in [-0.3, -0.25) is 0 Å². The zero-order valence-electron chi connectivity index (χ0n) is 6.28. The van der Waals surface area contributed by atoms with Gasteiger partial charge in [-0.2, -0.15) is 0 Å². The van der Waals surface area contributed by atoms with Gasteiger partial charge in [-0.25, -0.2) is 0 Å². The molecule has 0 unspecified atom stereocenters. The highest BCUT2D eigenvalue weighted by molar-refractivity contribution is 5.18. The Morgan fingerprint density at radius 2 is 2.22 bits per heavy atom. The summed E-state index contributed by atoms with van der Waals surface area (Å²) in [4.78, 5) is 0. The second kappa shape index (κ2) is 1.42. The molecule has 0 amide bonds. The Bertz CT molecular complexity index is 159. The molecule has 9 heavy (non-hydrogen) atoms. The van der Waals surface area contributed by atoms with E-state index in [1.54, 1.807) is 5.57 Å². The van der Waals surface area contributed by atoms with Crippen molar-refractivity contribution in [3.8, 4) is 0 Å². The lowest BCUT2D eigenvalue weighted by Gasteiger charge is -2.49. The third-order valence-electron chi connectivity index (χ3n) is 3.04. The predicted octanol–water partition coefficient (Wildman–Crippen LogP) is 2.75. The minimum absolute atomic E-state index is 0.726. The smallest absolute Gasteiger partial charge is 0.0195 e. The van der Waals surface area contributed by atoms with Crippen molar-refractivity contribution in [2.45, 2.75) is 33.1 Å². The van der Waals surface area contributed by atoms with Crippen LogP contribution in [0.5, 0.6) is 0 Å². The average molecular weight is 122 g/mol. The van der Waals surface area contributed by atoms with Gasteiger partial charge >= 0.3 is 0 Å². The molecule has 1 saturated carbocycles. The first-order valence-corrected chi connectivity index (χ1v) is 3.86. The molecule has 0 atom stereocenters. The molecule has 1 fully saturated rings. The standard InChI is InChI=1S/C9H14/c1-7-3-4-9(2)5-8(7)6-9/h3,8H,4-6H2,1-2H3. The van der Waals surface area contributed by atoms with Crippen LogP contribution < -0.4 is 0 Å². The summed E-state index contributed by atoms with van der Waals surface area (Å²) in [6, 6.07) is 0. The Labute approximate surface area is 57.0 Å². The van der Waals surface area contributed by atoms with Gasteiger partial charge in [0.05, 0.1) is 0 Å². The summed E-state index contributed by atoms with van der Waals surface area (Å²) in [5, 5.41) is 0. The van der Waals surface area contributed by atoms with Crippen LogP contribution in [-0.4, -0.2) is 0 Å². The van der Waals surface area contributed by atoms with E-state index in [0.29, 0.717) is 0 Å². The minimum Gasteiger partial charge on any atom is -0.0848 e. The Morgan fingerprint density at radius 1 is 1.56 bits per heavy atom. The maximum atomic E-state index is 2.43. The van der Waals surface area contributed by atoms with Gasteiger partial charge in [-0.1, -0.05) is 18.6 Å². The van der Waals surface area contributed by atoms with E-state index < -0.39 is 0 Å². The molecule has 0 aromatic carbocycles. The predicted molar refractivity (Wildman–Crippen MR) is 39.2 cm³/mol. The topological polar surface area (TPSA) is 0 Å². The van der Waals surface area contributed by atoms with Crippen molar-refractivity contribution in [2.24, 2.45) is 11.3 Å². The molecule has 0 N–H and O–H groups in total. The summed E-state index contributed by atoms with van der Waals surface area (Å²) in [5.41, 5.74) is 2.38. The average Bonchev–Trinajstić information content (AvgIpc) is 1.73. The van der Waals surface area contributed by atoms with Gasteiger partial charge in [-0.15, -0.1) is 0 Å². The molecule has 0 radical (unpaired) electrons. The molecule has 50 valence electrons. The van der Waals surface area contributed by atoms with Crippen molar-refractivity contribution in [1.29, 1.82) is 0 Å². The fourth-order valence-electron chi connectivity index (χ4n) is 2.19. The van der Waals surface area contributed by atoms with Gasteiger partial charge in [0.25, 0.3) is 0 Å². The Hall–Kier alpha value is -0.260. The largest absolute Gasteiger partial charge is 0.0848 e. The lowest BCUT2D eigenvalue weighted by molar-refractivity contribution is 0.0865. The lowest BCUT2D eigenvalue weighted by atomic mass is 9.56. The monoisotopic (exact) mass is 122 g/mol. The van der Waals surface area contributed by atoms with Gasteiger partial charge in [0, 0.05) is 0 Å². The number of hydrogen-bond acceptors (Lipinski definition) is 0. The van der Waals surface area contributed by atoms with Crippen molar-refractivity contribution in [1.82, 2.24) is 0 Å². The first-order valence-electron chi connectivity index (χ1n) is 3.86. The summed E-state index contributed by atoms with van der Waals surface area (Å²) in [6.07, 6.45) is 6.71. The Balaban J connectivity index is 2.23. The van der Waals surface area contributed by atoms with Crippen LogP contribution in [0, 0.1) is 11.3 Å². The van der Waals surface area contributed by atoms with Gasteiger partial charge in [0.1, 0.15) is 0 Å². The van der Waals surface area contributed by atoms with Crippen molar-refractivity contribution in [3.63, 3.8) is 0 Å². The molecule has 0 spiro atoms. The first kappa shape index (κ1) is 5.52. The third kappa shape index (κ3) is 0.654. The minimum atomic E-state index is 0.726. The Kier molecular flexibility index (Phi) is 0.870. The number of hydrogen-bond donors (Lipinski definition) is 0. The third-order valence-corrected chi connectivity index (χ3v) is 3.04. The van der Waals surface area contributed by atoms with Crippen LogP contribution in [0.15, 0.2) is 11.6 Å². The van der Waals surface area contributed by atoms with E-state index >= 15 is 0 Å². The molecule has 0 aliphatic heterocycles. The normalized spacial score (nSPS) is 47.8. The molecule has 0 aromatic rings. The molecule has 2 bridgehead atoms. The zero-order valence-corrected chi connectivity index (χ0v) is 6.28. The second-order valence-electron chi connectivity index (χ2n) is 4.07. The lowest BCUT2D eigenvalue weighted by Crippen LogP contribution is -2.37. The zero-order chi connectivity index (χ0) is 6.48. The molecule has 3 rings (SSSR count). The summed E-state index contributed by atoms with van der Waals surface area (Å²) >= 11 is 0. The molecule has 0 aromatic heterocycles. The SMILES string of the molecule is CC1=CCC2(C)CC1C2. The molecule has 0 nitrogen and oxygen atoms in total. The van der Waals surface area contributed by atoms with E-state index in [9.17, 15) is 0 Å². The van der Waals surface area contributed by atoms with Crippen molar-refractivity contribution in [2.75, 3.05) is 0 Å². The van der Waals surface area contributed by atoms with E-state index in [-0.39, 0.29) is 0 Å². The van der Waals surface area contributed by atoms with Gasteiger partial charge in [0.2, 0.25) is 0 Å². The molecular weight excluding hydrogens is 108 g/mol. The van der Waals surface area contributed by atoms with Crippen LogP contribution in [0.25, 0.3) is 0 Å². The van der Waals surface area contributed by atoms with Crippen LogP contribution in [-0.2, 0) is 0 Å². The fourth-order valence-corrected chi connectivity index (χ4v) is 2.19. The van der Waals surface area contributed by atoms with Crippen molar-refractivity contribution < 1.29 is 0 Å². The first-order chi connectivity index (χ1) is 4.20. The van der Waals surface area contributed by atoms with Crippen molar-refractivity contribution >= 4 is 0 Å². The van der Waals surface area contributed by atoms with Crippen LogP contribution in [0.2, 0.25) is 0 Å². The summed E-state index contributed by atoms with van der Waals surface area (Å²) in [6.45, 7) is 4.69. The number of allylic oxidation sites excluding steroid dienone is 2. The maximum absolute atomic E-state index is 2.43. The number of fused-ring (bicyclic) bond motifs is 1. The van der Waals surface area contributed by atoms with Gasteiger partial charge in [-0.05, 0) is 37.5 Å². The van der Waals surface area contributed by atoms with E-state index in [1.807, 2.05) is 0 Å². The van der Waals surface area contributed by atoms with Crippen LogP contribution in [0.1, 0.15) is 33.1 Å². The Morgan fingerprint density at radius 3 is 2.56 bits per heavy atom. The van der Waals surface area contributed by atoms with Gasteiger partial charge in [0.15, 0.2) is 0 Å². The molecule has 3 aliphatic carbocycles. The van der Waals surface area contributed by atoms with E-state index in [0.717, 1.165) is 11.3 Å². The summed E-state index contributed by atoms with van der Waals surface area (Å²) in [5.74, 6) is 0.976. The van der Waals surface area contributed by atoms with Gasteiger partial charge < -0.3 is 0 Å². The summed E-state index contributed by atoms with van der Waals surface area (Å²) in [7, 11) is 0. The highest BCUT2D eigenvalue weighted by atomic mass is 14.5. The fraction of sp³-hybridized carbons (Fsp3) is 0.778. The van der Waals surface area contributed by atoms with Crippen LogP contribution in [0.3, 0.4) is 0 Å². The molecule has 0 saturated heterocycles. The van der Waals surface area contributed by atoms with Crippen molar-refractivity contribution in [3.05, 3.63) is 11.6 Å². The molecular formula is C9H14. The van der Waals surface area contributed by atoms with E-state index in [1.165, 1.54) is 19.3 Å². The molecule has 0 heterocycles. The second-order valence-corrected chi connectivity index (χ2v) is 4.07. The van der Waals surface area contributed by atoms with Crippen LogP contribution >= 0.6 is 0 Å². The molecule has 3 aliphatic rings. The highest BCUT2D eigenvalue weighted by Gasteiger charge is 2.42. The number of rotatable bonds is 0. The summed E-state index contributed by atoms with van der Waals surface area (Å²) < 4.78 is 0.